The molecule has 0 radical (unpaired) electrons. The van der Waals surface area contributed by atoms with Crippen LogP contribution in [0.5, 0.6) is 11.5 Å². The first-order chi connectivity index (χ1) is 19.7. The molecule has 1 unspecified atom stereocenters. The Morgan fingerprint density at radius 2 is 1.07 bits per heavy atom. The fourth-order valence-corrected chi connectivity index (χ4v) is 8.99. The van der Waals surface area contributed by atoms with Crippen molar-refractivity contribution in [1.29, 1.82) is 0 Å². The third kappa shape index (κ3) is 10.1. The molecule has 0 aromatic heterocycles. The summed E-state index contributed by atoms with van der Waals surface area (Å²) in [6.45, 7) is 0. The number of ether oxygens (including phenoxy) is 3. The predicted molar refractivity (Wildman–Crippen MR) is 167 cm³/mol. The zero-order valence-corrected chi connectivity index (χ0v) is 30.7. The highest BCUT2D eigenvalue weighted by Crippen LogP contribution is 2.34. The van der Waals surface area contributed by atoms with Crippen molar-refractivity contribution in [2.45, 2.75) is 12.3 Å². The first-order valence-electron chi connectivity index (χ1n) is 10.9. The molecule has 0 aliphatic carbocycles. The van der Waals surface area contributed by atoms with Crippen LogP contribution in [-0.4, -0.2) is 48.9 Å². The topological polar surface area (TPSA) is 133 Å². The summed E-state index contributed by atoms with van der Waals surface area (Å²) in [5.41, 5.74) is -0.744. The third-order valence-electron chi connectivity index (χ3n) is 4.94. The number of alkyl halides is 3. The molecule has 19 heteroatoms. The van der Waals surface area contributed by atoms with Crippen LogP contribution >= 0.6 is 95.6 Å². The maximum atomic E-state index is 13.4. The Labute approximate surface area is 291 Å². The number of esters is 3. The maximum Gasteiger partial charge on any atom is 0.426 e. The first-order valence-corrected chi connectivity index (χ1v) is 17.2. The second-order valence-electron chi connectivity index (χ2n) is 8.15. The van der Waals surface area contributed by atoms with Crippen molar-refractivity contribution in [1.82, 2.24) is 0 Å². The molecule has 1 N–H and O–H groups in total. The van der Waals surface area contributed by atoms with E-state index in [-0.39, 0.29) is 29.0 Å². The minimum absolute atomic E-state index is 0.0114. The van der Waals surface area contributed by atoms with Crippen LogP contribution in [0, 0.1) is 0 Å². The quantitative estimate of drug-likeness (QED) is 0.134. The second kappa shape index (κ2) is 14.4. The SMILES string of the molecule is O=C(OC(CS(=O)(=O)O)C(F)(F)F)c1cc(OC(=O)c2c(Br)cc(Br)cc2Br)cc(OC(=O)c2c(Br)cc(Br)cc2Br)c1. The molecule has 3 aromatic carbocycles. The average molecular weight is 1010 g/mol. The van der Waals surface area contributed by atoms with E-state index < -0.39 is 63.1 Å². The number of hydrogen-bond acceptors (Lipinski definition) is 8. The molecule has 0 saturated carbocycles. The zero-order chi connectivity index (χ0) is 32.4. The number of benzene rings is 3. The average Bonchev–Trinajstić information content (AvgIpc) is 2.80. The molecule has 0 bridgehead atoms. The standard InChI is InChI=1S/C24H11Br6F3O9S/c25-10-3-14(27)19(15(28)4-10)22(35)40-12-1-9(21(34)42-18(24(31,32)33)8-43(37,38)39)2-13(7-12)41-23(36)20-16(29)5-11(26)6-17(20)30/h1-7,18H,8H2,(H,37,38,39). The molecular weight excluding hydrogens is 1000 g/mol. The highest BCUT2D eigenvalue weighted by molar-refractivity contribution is 9.12. The van der Waals surface area contributed by atoms with E-state index in [1.165, 1.54) is 24.3 Å². The molecular formula is C24H11Br6F3O9S. The Morgan fingerprint density at radius 3 is 1.40 bits per heavy atom. The van der Waals surface area contributed by atoms with Crippen molar-refractivity contribution in [3.63, 3.8) is 0 Å². The lowest BCUT2D eigenvalue weighted by Gasteiger charge is -2.20. The molecule has 3 rings (SSSR count). The van der Waals surface area contributed by atoms with Crippen molar-refractivity contribution >= 4 is 124 Å². The van der Waals surface area contributed by atoms with Crippen LogP contribution in [0.4, 0.5) is 13.2 Å². The van der Waals surface area contributed by atoms with Gasteiger partial charge in [0.25, 0.3) is 10.1 Å². The number of halogens is 9. The molecule has 3 aromatic rings. The van der Waals surface area contributed by atoms with Crippen LogP contribution in [0.3, 0.4) is 0 Å². The lowest BCUT2D eigenvalue weighted by molar-refractivity contribution is -0.197. The van der Waals surface area contributed by atoms with Gasteiger partial charge < -0.3 is 14.2 Å². The normalized spacial score (nSPS) is 12.4. The maximum absolute atomic E-state index is 13.4. The van der Waals surface area contributed by atoms with Gasteiger partial charge in [0.05, 0.1) is 16.7 Å². The van der Waals surface area contributed by atoms with Crippen LogP contribution in [0.15, 0.2) is 69.3 Å². The molecule has 0 amide bonds. The van der Waals surface area contributed by atoms with Crippen molar-refractivity contribution < 1.29 is 54.7 Å². The molecule has 230 valence electrons. The van der Waals surface area contributed by atoms with Gasteiger partial charge in [-0.1, -0.05) is 31.9 Å². The minimum Gasteiger partial charge on any atom is -0.448 e. The summed E-state index contributed by atoms with van der Waals surface area (Å²) in [7, 11) is -5.23. The van der Waals surface area contributed by atoms with Crippen molar-refractivity contribution in [3.8, 4) is 11.5 Å². The van der Waals surface area contributed by atoms with Gasteiger partial charge in [-0.05, 0) is 100 Å². The Morgan fingerprint density at radius 1 is 0.698 bits per heavy atom. The summed E-state index contributed by atoms with van der Waals surface area (Å²) < 4.78 is 88.6. The Bertz CT molecular complexity index is 1600. The van der Waals surface area contributed by atoms with Crippen molar-refractivity contribution in [2.75, 3.05) is 5.75 Å². The van der Waals surface area contributed by atoms with Gasteiger partial charge in [-0.3, -0.25) is 4.55 Å². The van der Waals surface area contributed by atoms with Crippen LogP contribution in [-0.2, 0) is 14.9 Å². The first kappa shape index (κ1) is 36.1. The highest BCUT2D eigenvalue weighted by Gasteiger charge is 2.45. The van der Waals surface area contributed by atoms with E-state index in [2.05, 4.69) is 100 Å². The van der Waals surface area contributed by atoms with Gasteiger partial charge in [0.1, 0.15) is 17.3 Å². The Balaban J connectivity index is 2.05. The van der Waals surface area contributed by atoms with Gasteiger partial charge >= 0.3 is 24.1 Å². The minimum atomic E-state index is -5.38. The molecule has 0 aliphatic rings. The van der Waals surface area contributed by atoms with Crippen LogP contribution in [0.25, 0.3) is 0 Å². The predicted octanol–water partition coefficient (Wildman–Crippen LogP) is 8.68. The number of hydrogen-bond donors (Lipinski definition) is 1. The van der Waals surface area contributed by atoms with E-state index in [1.54, 1.807) is 0 Å². The van der Waals surface area contributed by atoms with Gasteiger partial charge in [0, 0.05) is 32.9 Å². The largest absolute Gasteiger partial charge is 0.448 e. The van der Waals surface area contributed by atoms with Gasteiger partial charge in [0.15, 0.2) is 0 Å². The summed E-state index contributed by atoms with van der Waals surface area (Å²) in [6, 6.07) is 8.75. The van der Waals surface area contributed by atoms with Gasteiger partial charge in [-0.2, -0.15) is 21.6 Å². The summed E-state index contributed by atoms with van der Waals surface area (Å²) in [4.78, 5) is 38.8. The monoisotopic (exact) mass is 1010 g/mol. The van der Waals surface area contributed by atoms with E-state index in [0.29, 0.717) is 8.95 Å². The molecule has 9 nitrogen and oxygen atoms in total. The van der Waals surface area contributed by atoms with Crippen LogP contribution in [0.1, 0.15) is 31.1 Å². The number of carbonyl (C=O) groups excluding carboxylic acids is 3. The smallest absolute Gasteiger partial charge is 0.426 e. The lowest BCUT2D eigenvalue weighted by atomic mass is 10.2. The molecule has 0 aliphatic heterocycles. The van der Waals surface area contributed by atoms with Crippen molar-refractivity contribution in [3.05, 3.63) is 86.0 Å². The molecule has 0 fully saturated rings. The fourth-order valence-electron chi connectivity index (χ4n) is 3.18. The fraction of sp³-hybridized carbons (Fsp3) is 0.125. The van der Waals surface area contributed by atoms with E-state index in [4.69, 9.17) is 14.0 Å². The molecule has 43 heavy (non-hydrogen) atoms. The lowest BCUT2D eigenvalue weighted by Crippen LogP contribution is -2.39. The molecule has 1 atom stereocenters. The van der Waals surface area contributed by atoms with E-state index >= 15 is 0 Å². The van der Waals surface area contributed by atoms with Gasteiger partial charge in [-0.15, -0.1) is 0 Å². The summed E-state index contributed by atoms with van der Waals surface area (Å²) >= 11 is 19.4. The molecule has 0 heterocycles. The van der Waals surface area contributed by atoms with Gasteiger partial charge in [-0.25, -0.2) is 14.4 Å². The van der Waals surface area contributed by atoms with Crippen LogP contribution in [0.2, 0.25) is 0 Å². The van der Waals surface area contributed by atoms with Gasteiger partial charge in [0.2, 0.25) is 6.10 Å². The van der Waals surface area contributed by atoms with Crippen molar-refractivity contribution in [2.24, 2.45) is 0 Å². The Hall–Kier alpha value is -1.35. The van der Waals surface area contributed by atoms with E-state index in [1.807, 2.05) is 0 Å². The van der Waals surface area contributed by atoms with Crippen LogP contribution < -0.4 is 9.47 Å². The number of carbonyl (C=O) groups is 3. The molecule has 0 spiro atoms. The second-order valence-corrected chi connectivity index (χ2v) is 14.9. The highest BCUT2D eigenvalue weighted by atomic mass is 79.9. The number of rotatable bonds is 8. The van der Waals surface area contributed by atoms with E-state index in [0.717, 1.165) is 18.2 Å². The summed E-state index contributed by atoms with van der Waals surface area (Å²) in [5.74, 6) is -6.62. The zero-order valence-electron chi connectivity index (χ0n) is 20.3. The summed E-state index contributed by atoms with van der Waals surface area (Å²) in [5, 5.41) is 0. The third-order valence-corrected chi connectivity index (χ3v) is 9.08. The molecule has 0 saturated heterocycles. The summed E-state index contributed by atoms with van der Waals surface area (Å²) in [6.07, 6.45) is -8.64. The Kier molecular flexibility index (Phi) is 12.1. The van der Waals surface area contributed by atoms with E-state index in [9.17, 15) is 36.0 Å².